The van der Waals surface area contributed by atoms with Crippen molar-refractivity contribution in [2.45, 2.75) is 78.3 Å². The van der Waals surface area contributed by atoms with Crippen LogP contribution in [0.25, 0.3) is 11.3 Å². The zero-order chi connectivity index (χ0) is 26.2. The van der Waals surface area contributed by atoms with Gasteiger partial charge in [-0.1, -0.05) is 19.9 Å². The first kappa shape index (κ1) is 27.4. The van der Waals surface area contributed by atoms with Crippen molar-refractivity contribution < 1.29 is 18.8 Å². The van der Waals surface area contributed by atoms with Crippen molar-refractivity contribution in [3.05, 3.63) is 41.6 Å². The molecule has 9 heteroatoms. The molecule has 1 aromatic heterocycles. The van der Waals surface area contributed by atoms with Gasteiger partial charge in [0.05, 0.1) is 24.4 Å². The molecular weight excluding hydrogens is 461 g/mol. The number of imidazole rings is 1. The molecule has 0 saturated carbocycles. The number of hydrogen-bond acceptors (Lipinski definition) is 4. The minimum atomic E-state index is -0.981. The number of aromatic nitrogens is 2. The maximum absolute atomic E-state index is 14.4. The van der Waals surface area contributed by atoms with Crippen LogP contribution in [-0.4, -0.2) is 51.7 Å². The number of aryl methyl sites for hydroxylation is 1. The average Bonchev–Trinajstić information content (AvgIpc) is 3.33. The SMILES string of the molecule is Cc1ccc(-c2cnc([C@H](C)NC(=O)[C@H](CC(=O)N3CCCCC3)NC(=O)CCC(C)C)[nH]2)c(F)c1. The molecule has 1 fully saturated rings. The van der Waals surface area contributed by atoms with Gasteiger partial charge in [-0.2, -0.15) is 0 Å². The molecule has 36 heavy (non-hydrogen) atoms. The van der Waals surface area contributed by atoms with E-state index in [1.54, 1.807) is 17.9 Å². The molecule has 2 aromatic rings. The first-order valence-electron chi connectivity index (χ1n) is 12.8. The van der Waals surface area contributed by atoms with Gasteiger partial charge in [0.1, 0.15) is 17.7 Å². The largest absolute Gasteiger partial charge is 0.345 e. The molecule has 1 aliphatic heterocycles. The molecule has 0 aliphatic carbocycles. The summed E-state index contributed by atoms with van der Waals surface area (Å²) >= 11 is 0. The standard InChI is InChI=1S/C27H38FN5O3/c1-17(2)8-11-24(34)31-22(15-25(35)33-12-6-5-7-13-33)27(36)30-19(4)26-29-16-23(32-26)20-10-9-18(3)14-21(20)28/h9-10,14,16-17,19,22H,5-8,11-13,15H2,1-4H3,(H,29,32)(H,30,36)(H,31,34)/t19-,22-/m0/s1. The highest BCUT2D eigenvalue weighted by Gasteiger charge is 2.28. The van der Waals surface area contributed by atoms with Gasteiger partial charge in [-0.25, -0.2) is 9.37 Å². The molecule has 0 bridgehead atoms. The minimum Gasteiger partial charge on any atom is -0.345 e. The fraction of sp³-hybridized carbons (Fsp3) is 0.556. The Morgan fingerprint density at radius 2 is 1.83 bits per heavy atom. The van der Waals surface area contributed by atoms with Crippen LogP contribution in [0, 0.1) is 18.7 Å². The number of carbonyl (C=O) groups excluding carboxylic acids is 3. The van der Waals surface area contributed by atoms with Crippen molar-refractivity contribution >= 4 is 17.7 Å². The predicted molar refractivity (Wildman–Crippen MR) is 136 cm³/mol. The highest BCUT2D eigenvalue weighted by molar-refractivity contribution is 5.92. The second kappa shape index (κ2) is 12.6. The van der Waals surface area contributed by atoms with Crippen LogP contribution < -0.4 is 10.6 Å². The number of nitrogens with zero attached hydrogens (tertiary/aromatic N) is 2. The summed E-state index contributed by atoms with van der Waals surface area (Å²) in [5.74, 6) is -0.400. The fourth-order valence-corrected chi connectivity index (χ4v) is 4.26. The average molecular weight is 500 g/mol. The van der Waals surface area contributed by atoms with Crippen LogP contribution in [0.5, 0.6) is 0 Å². The summed E-state index contributed by atoms with van der Waals surface area (Å²) in [6.07, 6.45) is 5.40. The Kier molecular flexibility index (Phi) is 9.61. The van der Waals surface area contributed by atoms with E-state index in [4.69, 9.17) is 0 Å². The highest BCUT2D eigenvalue weighted by atomic mass is 19.1. The van der Waals surface area contributed by atoms with Crippen LogP contribution in [0.4, 0.5) is 4.39 Å². The first-order chi connectivity index (χ1) is 17.1. The summed E-state index contributed by atoms with van der Waals surface area (Å²) in [5.41, 5.74) is 1.71. The lowest BCUT2D eigenvalue weighted by atomic mass is 10.1. The predicted octanol–water partition coefficient (Wildman–Crippen LogP) is 4.03. The lowest BCUT2D eigenvalue weighted by Gasteiger charge is -2.29. The Morgan fingerprint density at radius 3 is 2.50 bits per heavy atom. The molecule has 1 aromatic carbocycles. The van der Waals surface area contributed by atoms with Gasteiger partial charge in [0.2, 0.25) is 17.7 Å². The van der Waals surface area contributed by atoms with E-state index in [9.17, 15) is 18.8 Å². The molecular formula is C27H38FN5O3. The van der Waals surface area contributed by atoms with Crippen molar-refractivity contribution in [1.82, 2.24) is 25.5 Å². The summed E-state index contributed by atoms with van der Waals surface area (Å²) in [6.45, 7) is 8.97. The number of halogens is 1. The second-order valence-corrected chi connectivity index (χ2v) is 10.1. The van der Waals surface area contributed by atoms with Gasteiger partial charge in [-0.05, 0) is 63.1 Å². The Bertz CT molecular complexity index is 1060. The summed E-state index contributed by atoms with van der Waals surface area (Å²) in [6, 6.07) is 3.42. The van der Waals surface area contributed by atoms with Crippen molar-refractivity contribution in [2.24, 2.45) is 5.92 Å². The topological polar surface area (TPSA) is 107 Å². The summed E-state index contributed by atoms with van der Waals surface area (Å²) < 4.78 is 14.4. The number of amides is 3. The van der Waals surface area contributed by atoms with Gasteiger partial charge in [-0.3, -0.25) is 14.4 Å². The van der Waals surface area contributed by atoms with E-state index in [1.165, 1.54) is 12.3 Å². The van der Waals surface area contributed by atoms with E-state index in [0.29, 0.717) is 48.9 Å². The van der Waals surface area contributed by atoms with Crippen molar-refractivity contribution in [2.75, 3.05) is 13.1 Å². The lowest BCUT2D eigenvalue weighted by Crippen LogP contribution is -2.50. The first-order valence-corrected chi connectivity index (χ1v) is 12.8. The van der Waals surface area contributed by atoms with Crippen molar-refractivity contribution in [3.8, 4) is 11.3 Å². The minimum absolute atomic E-state index is 0.0933. The van der Waals surface area contributed by atoms with Gasteiger partial charge in [-0.15, -0.1) is 0 Å². The third kappa shape index (κ3) is 7.63. The zero-order valence-corrected chi connectivity index (χ0v) is 21.7. The quantitative estimate of drug-likeness (QED) is 0.459. The Morgan fingerprint density at radius 1 is 1.11 bits per heavy atom. The van der Waals surface area contributed by atoms with E-state index in [1.807, 2.05) is 26.8 Å². The molecule has 0 spiro atoms. The summed E-state index contributed by atoms with van der Waals surface area (Å²) in [4.78, 5) is 47.7. The fourth-order valence-electron chi connectivity index (χ4n) is 4.26. The monoisotopic (exact) mass is 499 g/mol. The molecule has 0 unspecified atom stereocenters. The van der Waals surface area contributed by atoms with E-state index in [-0.39, 0.29) is 24.1 Å². The maximum atomic E-state index is 14.4. The normalized spacial score (nSPS) is 15.4. The molecule has 196 valence electrons. The third-order valence-electron chi connectivity index (χ3n) is 6.47. The van der Waals surface area contributed by atoms with Crippen LogP contribution in [0.15, 0.2) is 24.4 Å². The van der Waals surface area contributed by atoms with E-state index in [0.717, 1.165) is 24.8 Å². The van der Waals surface area contributed by atoms with E-state index in [2.05, 4.69) is 20.6 Å². The number of aromatic amines is 1. The van der Waals surface area contributed by atoms with Gasteiger partial charge >= 0.3 is 0 Å². The number of piperidine rings is 1. The van der Waals surface area contributed by atoms with E-state index < -0.39 is 18.0 Å². The number of likely N-dealkylation sites (tertiary alicyclic amines) is 1. The van der Waals surface area contributed by atoms with E-state index >= 15 is 0 Å². The van der Waals surface area contributed by atoms with Crippen LogP contribution in [0.1, 0.15) is 76.7 Å². The Labute approximate surface area is 212 Å². The van der Waals surface area contributed by atoms with Gasteiger partial charge in [0, 0.05) is 25.1 Å². The number of carbonyl (C=O) groups is 3. The van der Waals surface area contributed by atoms with Crippen molar-refractivity contribution in [3.63, 3.8) is 0 Å². The summed E-state index contributed by atoms with van der Waals surface area (Å²) in [5, 5.41) is 5.62. The number of H-pyrrole nitrogens is 1. The molecule has 1 saturated heterocycles. The lowest BCUT2D eigenvalue weighted by molar-refractivity contribution is -0.137. The smallest absolute Gasteiger partial charge is 0.243 e. The highest BCUT2D eigenvalue weighted by Crippen LogP contribution is 2.23. The van der Waals surface area contributed by atoms with Crippen LogP contribution in [0.3, 0.4) is 0 Å². The molecule has 8 nitrogen and oxygen atoms in total. The van der Waals surface area contributed by atoms with Gasteiger partial charge in [0.15, 0.2) is 0 Å². The van der Waals surface area contributed by atoms with Gasteiger partial charge in [0.25, 0.3) is 0 Å². The number of nitrogens with one attached hydrogen (secondary N) is 3. The Hall–Kier alpha value is -3.23. The second-order valence-electron chi connectivity index (χ2n) is 10.1. The molecule has 1 aliphatic rings. The molecule has 3 amide bonds. The molecule has 3 rings (SSSR count). The van der Waals surface area contributed by atoms with Crippen LogP contribution in [-0.2, 0) is 14.4 Å². The molecule has 2 atom stereocenters. The molecule has 0 radical (unpaired) electrons. The van der Waals surface area contributed by atoms with Gasteiger partial charge < -0.3 is 20.5 Å². The number of hydrogen-bond donors (Lipinski definition) is 3. The zero-order valence-electron chi connectivity index (χ0n) is 21.7. The molecule has 2 heterocycles. The third-order valence-corrected chi connectivity index (χ3v) is 6.47. The number of rotatable bonds is 10. The van der Waals surface area contributed by atoms with Crippen LogP contribution >= 0.6 is 0 Å². The van der Waals surface area contributed by atoms with Crippen molar-refractivity contribution in [1.29, 1.82) is 0 Å². The number of benzene rings is 1. The Balaban J connectivity index is 1.68. The summed E-state index contributed by atoms with van der Waals surface area (Å²) in [7, 11) is 0. The molecule has 3 N–H and O–H groups in total. The van der Waals surface area contributed by atoms with Crippen LogP contribution in [0.2, 0.25) is 0 Å². The maximum Gasteiger partial charge on any atom is 0.243 e.